The van der Waals surface area contributed by atoms with Crippen molar-refractivity contribution in [1.82, 2.24) is 5.43 Å². The normalized spacial score (nSPS) is 33.4. The molecule has 1 atom stereocenters. The SMILES string of the molecule is O=C(NN=C1C2CC3CC(C2)CC1C3)C1CC1(c1ccccc1)c1ccccc1. The zero-order chi connectivity index (χ0) is 19.4. The molecule has 5 fully saturated rings. The van der Waals surface area contributed by atoms with Crippen LogP contribution in [0.5, 0.6) is 0 Å². The molecule has 0 spiro atoms. The summed E-state index contributed by atoms with van der Waals surface area (Å²) in [5, 5.41) is 4.75. The number of hydrazone groups is 1. The molecule has 2 aromatic carbocycles. The number of benzene rings is 2. The zero-order valence-corrected chi connectivity index (χ0v) is 16.8. The molecule has 3 heteroatoms. The molecule has 29 heavy (non-hydrogen) atoms. The Morgan fingerprint density at radius 2 is 1.31 bits per heavy atom. The fraction of sp³-hybridized carbons (Fsp3) is 0.462. The Morgan fingerprint density at radius 3 is 1.83 bits per heavy atom. The summed E-state index contributed by atoms with van der Waals surface area (Å²) in [6.07, 6.45) is 7.47. The number of nitrogens with zero attached hydrogens (tertiary/aromatic N) is 1. The zero-order valence-electron chi connectivity index (χ0n) is 16.8. The van der Waals surface area contributed by atoms with E-state index in [9.17, 15) is 4.79 Å². The van der Waals surface area contributed by atoms with Crippen LogP contribution < -0.4 is 5.43 Å². The van der Waals surface area contributed by atoms with Gasteiger partial charge < -0.3 is 0 Å². The summed E-state index contributed by atoms with van der Waals surface area (Å²) >= 11 is 0. The van der Waals surface area contributed by atoms with Gasteiger partial charge in [-0.15, -0.1) is 0 Å². The van der Waals surface area contributed by atoms with Crippen molar-refractivity contribution >= 4 is 11.6 Å². The summed E-state index contributed by atoms with van der Waals surface area (Å²) in [4.78, 5) is 13.2. The molecular formula is C26H28N2O. The Hall–Kier alpha value is -2.42. The Kier molecular flexibility index (Phi) is 3.94. The van der Waals surface area contributed by atoms with Crippen molar-refractivity contribution in [3.05, 3.63) is 71.8 Å². The van der Waals surface area contributed by atoms with Gasteiger partial charge in [0.05, 0.1) is 5.92 Å². The Labute approximate surface area is 172 Å². The third-order valence-corrected chi connectivity index (χ3v) is 8.12. The van der Waals surface area contributed by atoms with Crippen LogP contribution in [0.2, 0.25) is 0 Å². The largest absolute Gasteiger partial charge is 0.273 e. The van der Waals surface area contributed by atoms with E-state index in [0.717, 1.165) is 18.3 Å². The monoisotopic (exact) mass is 384 g/mol. The smallest absolute Gasteiger partial charge is 0.244 e. The van der Waals surface area contributed by atoms with Crippen LogP contribution in [-0.2, 0) is 10.2 Å². The van der Waals surface area contributed by atoms with Crippen LogP contribution in [0.15, 0.2) is 65.8 Å². The van der Waals surface area contributed by atoms with Gasteiger partial charge in [0, 0.05) is 11.1 Å². The van der Waals surface area contributed by atoms with Gasteiger partial charge in [0.1, 0.15) is 0 Å². The van der Waals surface area contributed by atoms with E-state index < -0.39 is 0 Å². The minimum Gasteiger partial charge on any atom is -0.273 e. The van der Waals surface area contributed by atoms with Gasteiger partial charge in [-0.2, -0.15) is 5.10 Å². The highest BCUT2D eigenvalue weighted by atomic mass is 16.2. The molecule has 0 radical (unpaired) electrons. The number of nitrogens with one attached hydrogen (secondary N) is 1. The average Bonchev–Trinajstić information content (AvgIpc) is 3.51. The van der Waals surface area contributed by atoms with E-state index in [1.807, 2.05) is 12.1 Å². The summed E-state index contributed by atoms with van der Waals surface area (Å²) in [6, 6.07) is 21.0. The van der Waals surface area contributed by atoms with Crippen molar-refractivity contribution in [3.63, 3.8) is 0 Å². The molecule has 5 aliphatic carbocycles. The van der Waals surface area contributed by atoms with E-state index in [1.54, 1.807) is 0 Å². The first-order valence-electron chi connectivity index (χ1n) is 11.2. The highest BCUT2D eigenvalue weighted by molar-refractivity contribution is 5.93. The second kappa shape index (κ2) is 6.55. The molecule has 1 unspecified atom stereocenters. The number of rotatable bonds is 4. The Balaban J connectivity index is 1.25. The molecule has 5 saturated carbocycles. The lowest BCUT2D eigenvalue weighted by atomic mass is 9.55. The minimum absolute atomic E-state index is 0.0477. The minimum atomic E-state index is -0.211. The summed E-state index contributed by atoms with van der Waals surface area (Å²) < 4.78 is 0. The molecule has 1 N–H and O–H groups in total. The predicted molar refractivity (Wildman–Crippen MR) is 114 cm³/mol. The lowest BCUT2D eigenvalue weighted by molar-refractivity contribution is -0.122. The second-order valence-corrected chi connectivity index (χ2v) is 9.78. The quantitative estimate of drug-likeness (QED) is 0.747. The van der Waals surface area contributed by atoms with Gasteiger partial charge in [-0.3, -0.25) is 4.79 Å². The number of carbonyl (C=O) groups is 1. The second-order valence-electron chi connectivity index (χ2n) is 9.78. The van der Waals surface area contributed by atoms with Crippen LogP contribution >= 0.6 is 0 Å². The van der Waals surface area contributed by atoms with E-state index in [0.29, 0.717) is 11.8 Å². The summed E-state index contributed by atoms with van der Waals surface area (Å²) in [5.74, 6) is 3.11. The molecule has 2 aromatic rings. The third-order valence-electron chi connectivity index (χ3n) is 8.12. The molecule has 148 valence electrons. The van der Waals surface area contributed by atoms with E-state index >= 15 is 0 Å². The number of hydrogen-bond acceptors (Lipinski definition) is 2. The Morgan fingerprint density at radius 1 is 0.793 bits per heavy atom. The van der Waals surface area contributed by atoms with Gasteiger partial charge in [0.2, 0.25) is 5.91 Å². The van der Waals surface area contributed by atoms with Crippen LogP contribution in [0.1, 0.15) is 49.7 Å². The summed E-state index contributed by atoms with van der Waals surface area (Å²) in [5.41, 5.74) is 6.57. The van der Waals surface area contributed by atoms with Crippen molar-refractivity contribution in [2.45, 2.75) is 43.9 Å². The van der Waals surface area contributed by atoms with Gasteiger partial charge in [-0.1, -0.05) is 60.7 Å². The van der Waals surface area contributed by atoms with E-state index in [2.05, 4.69) is 54.0 Å². The average molecular weight is 385 g/mol. The molecule has 3 nitrogen and oxygen atoms in total. The van der Waals surface area contributed by atoms with Crippen molar-refractivity contribution in [1.29, 1.82) is 0 Å². The molecular weight excluding hydrogens is 356 g/mol. The standard InChI is InChI=1S/C26H28N2O/c29-25(28-27-24-19-12-17-11-18(14-19)15-20(24)13-17)23-16-26(23,21-7-3-1-4-8-21)22-9-5-2-6-10-22/h1-10,17-20,23H,11-16H2,(H,28,29). The van der Waals surface area contributed by atoms with E-state index in [-0.39, 0.29) is 17.2 Å². The van der Waals surface area contributed by atoms with Gasteiger partial charge in [0.15, 0.2) is 0 Å². The number of carbonyl (C=O) groups excluding carboxylic acids is 1. The number of amides is 1. The lowest BCUT2D eigenvalue weighted by Crippen LogP contribution is -2.46. The van der Waals surface area contributed by atoms with Crippen LogP contribution in [0.4, 0.5) is 0 Å². The fourth-order valence-corrected chi connectivity index (χ4v) is 6.90. The summed E-state index contributed by atoms with van der Waals surface area (Å²) in [7, 11) is 0. The molecule has 5 aliphatic rings. The molecule has 0 aliphatic heterocycles. The highest BCUT2D eigenvalue weighted by Crippen LogP contribution is 2.59. The molecule has 0 aromatic heterocycles. The molecule has 0 saturated heterocycles. The van der Waals surface area contributed by atoms with Crippen LogP contribution in [-0.4, -0.2) is 11.6 Å². The first-order chi connectivity index (χ1) is 14.2. The van der Waals surface area contributed by atoms with Crippen LogP contribution in [0.25, 0.3) is 0 Å². The number of hydrogen-bond donors (Lipinski definition) is 1. The maximum atomic E-state index is 13.2. The van der Waals surface area contributed by atoms with Gasteiger partial charge >= 0.3 is 0 Å². The molecule has 1 amide bonds. The topological polar surface area (TPSA) is 41.5 Å². The van der Waals surface area contributed by atoms with Crippen molar-refractivity contribution in [2.24, 2.45) is 34.7 Å². The Bertz CT molecular complexity index is 880. The van der Waals surface area contributed by atoms with E-state index in [1.165, 1.54) is 48.9 Å². The first kappa shape index (κ1) is 17.4. The maximum Gasteiger partial charge on any atom is 0.244 e. The molecule has 0 heterocycles. The first-order valence-corrected chi connectivity index (χ1v) is 11.2. The van der Waals surface area contributed by atoms with E-state index in [4.69, 9.17) is 5.10 Å². The predicted octanol–water partition coefficient (Wildman–Crippen LogP) is 4.92. The molecule has 4 bridgehead atoms. The van der Waals surface area contributed by atoms with Gasteiger partial charge in [-0.25, -0.2) is 5.43 Å². The fourth-order valence-electron chi connectivity index (χ4n) is 6.90. The van der Waals surface area contributed by atoms with Crippen molar-refractivity contribution < 1.29 is 4.79 Å². The van der Waals surface area contributed by atoms with Crippen LogP contribution in [0.3, 0.4) is 0 Å². The lowest BCUT2D eigenvalue weighted by Gasteiger charge is -2.50. The van der Waals surface area contributed by atoms with Gasteiger partial charge in [-0.05, 0) is 73.3 Å². The third kappa shape index (κ3) is 2.78. The highest BCUT2D eigenvalue weighted by Gasteiger charge is 2.60. The molecule has 7 rings (SSSR count). The van der Waals surface area contributed by atoms with Crippen molar-refractivity contribution in [3.8, 4) is 0 Å². The summed E-state index contributed by atoms with van der Waals surface area (Å²) in [6.45, 7) is 0. The van der Waals surface area contributed by atoms with Gasteiger partial charge in [0.25, 0.3) is 0 Å². The van der Waals surface area contributed by atoms with Crippen LogP contribution in [0, 0.1) is 29.6 Å². The maximum absolute atomic E-state index is 13.2. The van der Waals surface area contributed by atoms with Crippen molar-refractivity contribution in [2.75, 3.05) is 0 Å².